The molecule has 1 aliphatic heterocycles. The Balaban J connectivity index is 0.000000219. The van der Waals surface area contributed by atoms with E-state index in [1.807, 2.05) is 41.3 Å². The molecule has 0 unspecified atom stereocenters. The quantitative estimate of drug-likeness (QED) is 0.560. The third kappa shape index (κ3) is 4.55. The summed E-state index contributed by atoms with van der Waals surface area (Å²) in [5.41, 5.74) is 1.30. The Morgan fingerprint density at radius 3 is 2.40 bits per heavy atom. The minimum atomic E-state index is 0.0260. The number of rotatable bonds is 1. The highest BCUT2D eigenvalue weighted by Crippen LogP contribution is 2.21. The van der Waals surface area contributed by atoms with Crippen molar-refractivity contribution >= 4 is 44.3 Å². The monoisotopic (exact) mass is 417 g/mol. The van der Waals surface area contributed by atoms with Gasteiger partial charge in [-0.1, -0.05) is 29.8 Å². The van der Waals surface area contributed by atoms with Gasteiger partial charge in [-0.15, -0.1) is 0 Å². The van der Waals surface area contributed by atoms with Crippen molar-refractivity contribution < 1.29 is 4.79 Å². The van der Waals surface area contributed by atoms with Crippen molar-refractivity contribution in [3.05, 3.63) is 70.0 Å². The summed E-state index contributed by atoms with van der Waals surface area (Å²) in [6, 6.07) is 13.1. The molecule has 0 atom stereocenters. The van der Waals surface area contributed by atoms with Gasteiger partial charge in [0.15, 0.2) is 0 Å². The molecule has 1 amide bonds. The third-order valence-electron chi connectivity index (χ3n) is 3.90. The van der Waals surface area contributed by atoms with Crippen molar-refractivity contribution in [2.75, 3.05) is 13.1 Å². The lowest BCUT2D eigenvalue weighted by molar-refractivity contribution is 0.0787. The van der Waals surface area contributed by atoms with E-state index in [0.29, 0.717) is 5.69 Å². The van der Waals surface area contributed by atoms with Crippen molar-refractivity contribution in [3.8, 4) is 0 Å². The van der Waals surface area contributed by atoms with Gasteiger partial charge in [0.2, 0.25) is 0 Å². The Morgan fingerprint density at radius 1 is 1.04 bits per heavy atom. The number of fused-ring (bicyclic) bond motifs is 1. The minimum Gasteiger partial charge on any atom is -0.337 e. The second-order valence-electron chi connectivity index (χ2n) is 5.68. The Bertz CT molecular complexity index is 867. The first-order valence-electron chi connectivity index (χ1n) is 8.05. The molecule has 2 aromatic heterocycles. The van der Waals surface area contributed by atoms with E-state index >= 15 is 0 Å². The number of nitrogens with zero attached hydrogens (tertiary/aromatic N) is 3. The lowest BCUT2D eigenvalue weighted by atomic mass is 10.2. The van der Waals surface area contributed by atoms with E-state index in [-0.39, 0.29) is 5.91 Å². The normalized spacial score (nSPS) is 13.4. The van der Waals surface area contributed by atoms with Crippen LogP contribution in [-0.2, 0) is 0 Å². The van der Waals surface area contributed by atoms with E-state index in [1.165, 1.54) is 0 Å². The third-order valence-corrected chi connectivity index (χ3v) is 4.73. The number of hydrogen-bond acceptors (Lipinski definition) is 3. The zero-order valence-corrected chi connectivity index (χ0v) is 15.9. The first-order chi connectivity index (χ1) is 12.1. The number of halogens is 2. The number of hydrogen-bond donors (Lipinski definition) is 0. The van der Waals surface area contributed by atoms with Crippen LogP contribution < -0.4 is 0 Å². The Hall–Kier alpha value is -1.98. The first-order valence-corrected chi connectivity index (χ1v) is 9.22. The maximum absolute atomic E-state index is 12.2. The van der Waals surface area contributed by atoms with Gasteiger partial charge in [-0.2, -0.15) is 0 Å². The Labute approximate surface area is 160 Å². The second kappa shape index (κ2) is 8.41. The fraction of sp³-hybridized carbons (Fsp3) is 0.211. The van der Waals surface area contributed by atoms with Crippen LogP contribution in [0, 0.1) is 0 Å². The highest BCUT2D eigenvalue weighted by atomic mass is 79.9. The summed E-state index contributed by atoms with van der Waals surface area (Å²) in [4.78, 5) is 22.6. The molecule has 128 valence electrons. The van der Waals surface area contributed by atoms with Crippen molar-refractivity contribution in [1.82, 2.24) is 14.9 Å². The van der Waals surface area contributed by atoms with E-state index in [9.17, 15) is 4.79 Å². The Morgan fingerprint density at radius 2 is 1.76 bits per heavy atom. The molecule has 3 aromatic rings. The van der Waals surface area contributed by atoms with Crippen molar-refractivity contribution in [1.29, 1.82) is 0 Å². The summed E-state index contributed by atoms with van der Waals surface area (Å²) < 4.78 is 0.816. The molecule has 0 aliphatic carbocycles. The molecule has 1 aromatic carbocycles. The van der Waals surface area contributed by atoms with Crippen LogP contribution in [0.3, 0.4) is 0 Å². The summed E-state index contributed by atoms with van der Waals surface area (Å²) >= 11 is 8.95. The number of pyridine rings is 2. The average Bonchev–Trinajstić information content (AvgIpc) is 3.17. The van der Waals surface area contributed by atoms with E-state index in [1.54, 1.807) is 18.5 Å². The van der Waals surface area contributed by atoms with Gasteiger partial charge in [0.1, 0.15) is 5.69 Å². The topological polar surface area (TPSA) is 46.1 Å². The van der Waals surface area contributed by atoms with Gasteiger partial charge in [0, 0.05) is 35.9 Å². The molecular formula is C19H17BrClN3O. The fourth-order valence-corrected chi connectivity index (χ4v) is 3.21. The SMILES string of the molecule is Clc1ccccc1.O=C(c1ccc2cncc(Br)c2n1)N1CCCC1. The van der Waals surface area contributed by atoms with E-state index in [0.717, 1.165) is 46.3 Å². The lowest BCUT2D eigenvalue weighted by Crippen LogP contribution is -2.28. The van der Waals surface area contributed by atoms with E-state index < -0.39 is 0 Å². The lowest BCUT2D eigenvalue weighted by Gasteiger charge is -2.14. The average molecular weight is 419 g/mol. The second-order valence-corrected chi connectivity index (χ2v) is 6.98. The van der Waals surface area contributed by atoms with Gasteiger partial charge in [-0.25, -0.2) is 4.98 Å². The fourth-order valence-electron chi connectivity index (χ4n) is 2.63. The van der Waals surface area contributed by atoms with Crippen LogP contribution in [0.1, 0.15) is 23.3 Å². The molecule has 0 N–H and O–H groups in total. The molecule has 0 spiro atoms. The zero-order valence-electron chi connectivity index (χ0n) is 13.5. The van der Waals surface area contributed by atoms with Gasteiger partial charge in [-0.05, 0) is 53.0 Å². The molecule has 0 radical (unpaired) electrons. The molecule has 4 nitrogen and oxygen atoms in total. The van der Waals surface area contributed by atoms with Gasteiger partial charge < -0.3 is 4.90 Å². The van der Waals surface area contributed by atoms with Crippen LogP contribution in [0.5, 0.6) is 0 Å². The maximum Gasteiger partial charge on any atom is 0.272 e. The largest absolute Gasteiger partial charge is 0.337 e. The summed E-state index contributed by atoms with van der Waals surface area (Å²) in [5, 5.41) is 1.73. The standard InChI is InChI=1S/C13H12BrN3O.C6H5Cl/c14-10-8-15-7-9-3-4-11(16-12(9)10)13(18)17-5-1-2-6-17;7-6-4-2-1-3-5-6/h3-4,7-8H,1-2,5-6H2;1-5H. The molecule has 1 aliphatic rings. The summed E-state index contributed by atoms with van der Waals surface area (Å²) in [7, 11) is 0. The molecule has 0 bridgehead atoms. The summed E-state index contributed by atoms with van der Waals surface area (Å²) in [6.45, 7) is 1.69. The predicted molar refractivity (Wildman–Crippen MR) is 104 cm³/mol. The van der Waals surface area contributed by atoms with Gasteiger partial charge in [0.05, 0.1) is 9.99 Å². The molecule has 1 fully saturated rings. The smallest absolute Gasteiger partial charge is 0.272 e. The van der Waals surface area contributed by atoms with Crippen molar-refractivity contribution in [2.45, 2.75) is 12.8 Å². The van der Waals surface area contributed by atoms with Crippen LogP contribution in [0.15, 0.2) is 59.3 Å². The number of amides is 1. The molecular weight excluding hydrogens is 402 g/mol. The zero-order chi connectivity index (χ0) is 17.6. The van der Waals surface area contributed by atoms with E-state index in [2.05, 4.69) is 25.9 Å². The van der Waals surface area contributed by atoms with Crippen molar-refractivity contribution in [3.63, 3.8) is 0 Å². The number of aromatic nitrogens is 2. The Kier molecular flexibility index (Phi) is 6.00. The van der Waals surface area contributed by atoms with Crippen LogP contribution in [0.2, 0.25) is 5.02 Å². The van der Waals surface area contributed by atoms with Gasteiger partial charge >= 0.3 is 0 Å². The van der Waals surface area contributed by atoms with Gasteiger partial charge in [0.25, 0.3) is 5.91 Å². The van der Waals surface area contributed by atoms with Crippen LogP contribution in [0.4, 0.5) is 0 Å². The molecule has 1 saturated heterocycles. The van der Waals surface area contributed by atoms with Crippen LogP contribution >= 0.6 is 27.5 Å². The van der Waals surface area contributed by atoms with Crippen LogP contribution in [-0.4, -0.2) is 33.9 Å². The number of carbonyl (C=O) groups excluding carboxylic acids is 1. The maximum atomic E-state index is 12.2. The van der Waals surface area contributed by atoms with Crippen molar-refractivity contribution in [2.24, 2.45) is 0 Å². The molecule has 0 saturated carbocycles. The van der Waals surface area contributed by atoms with E-state index in [4.69, 9.17) is 11.6 Å². The first kappa shape index (κ1) is 17.8. The number of likely N-dealkylation sites (tertiary alicyclic amines) is 1. The number of benzene rings is 1. The highest BCUT2D eigenvalue weighted by Gasteiger charge is 2.20. The predicted octanol–water partition coefficient (Wildman–Crippen LogP) is 4.97. The van der Waals surface area contributed by atoms with Crippen LogP contribution in [0.25, 0.3) is 10.9 Å². The molecule has 6 heteroatoms. The summed E-state index contributed by atoms with van der Waals surface area (Å²) in [5.74, 6) is 0.0260. The number of carbonyl (C=O) groups is 1. The summed E-state index contributed by atoms with van der Waals surface area (Å²) in [6.07, 6.45) is 5.62. The van der Waals surface area contributed by atoms with Gasteiger partial charge in [-0.3, -0.25) is 9.78 Å². The molecule has 3 heterocycles. The molecule has 25 heavy (non-hydrogen) atoms. The molecule has 4 rings (SSSR count). The minimum absolute atomic E-state index is 0.0260. The highest BCUT2D eigenvalue weighted by molar-refractivity contribution is 9.10.